The molecule has 118 valence electrons. The SMILES string of the molecule is OCC1c2ccccc2CCN1Cc1noc(-c2ccoc2)n1. The molecule has 3 aromatic rings. The van der Waals surface area contributed by atoms with E-state index in [1.807, 2.05) is 12.1 Å². The predicted octanol–water partition coefficient (Wildman–Crippen LogP) is 2.42. The summed E-state index contributed by atoms with van der Waals surface area (Å²) < 4.78 is 10.3. The van der Waals surface area contributed by atoms with Crippen LogP contribution in [0.1, 0.15) is 23.0 Å². The first-order chi connectivity index (χ1) is 11.3. The number of nitrogens with zero attached hydrogens (tertiary/aromatic N) is 3. The fraction of sp³-hybridized carbons (Fsp3) is 0.294. The van der Waals surface area contributed by atoms with Crippen molar-refractivity contribution in [3.05, 3.63) is 59.8 Å². The molecule has 0 saturated carbocycles. The summed E-state index contributed by atoms with van der Waals surface area (Å²) in [5, 5.41) is 13.9. The normalized spacial score (nSPS) is 18.0. The molecule has 6 nitrogen and oxygen atoms in total. The molecule has 0 radical (unpaired) electrons. The lowest BCUT2D eigenvalue weighted by Gasteiger charge is -2.35. The smallest absolute Gasteiger partial charge is 0.261 e. The molecule has 0 amide bonds. The van der Waals surface area contributed by atoms with E-state index < -0.39 is 0 Å². The zero-order chi connectivity index (χ0) is 15.6. The van der Waals surface area contributed by atoms with Crippen molar-refractivity contribution in [2.24, 2.45) is 0 Å². The van der Waals surface area contributed by atoms with E-state index in [0.29, 0.717) is 18.3 Å². The maximum Gasteiger partial charge on any atom is 0.261 e. The minimum atomic E-state index is -0.0316. The molecule has 0 aliphatic carbocycles. The van der Waals surface area contributed by atoms with Crippen molar-refractivity contribution in [1.29, 1.82) is 0 Å². The Bertz CT molecular complexity index is 782. The van der Waals surface area contributed by atoms with Gasteiger partial charge in [0.05, 0.1) is 31.0 Å². The summed E-state index contributed by atoms with van der Waals surface area (Å²) in [5.41, 5.74) is 3.25. The maximum atomic E-state index is 9.82. The van der Waals surface area contributed by atoms with E-state index in [1.54, 1.807) is 18.6 Å². The van der Waals surface area contributed by atoms with Gasteiger partial charge in [0.25, 0.3) is 5.89 Å². The van der Waals surface area contributed by atoms with Gasteiger partial charge in [-0.3, -0.25) is 4.90 Å². The van der Waals surface area contributed by atoms with E-state index in [1.165, 1.54) is 11.1 Å². The molecule has 0 spiro atoms. The number of hydrogen-bond acceptors (Lipinski definition) is 6. The van der Waals surface area contributed by atoms with Crippen LogP contribution in [0.4, 0.5) is 0 Å². The molecule has 4 rings (SSSR count). The van der Waals surface area contributed by atoms with Crippen LogP contribution in [-0.4, -0.2) is 33.3 Å². The van der Waals surface area contributed by atoms with E-state index in [2.05, 4.69) is 27.2 Å². The van der Waals surface area contributed by atoms with Crippen LogP contribution in [0, 0.1) is 0 Å². The molecule has 1 aliphatic rings. The molecule has 1 aliphatic heterocycles. The number of fused-ring (bicyclic) bond motifs is 1. The van der Waals surface area contributed by atoms with E-state index >= 15 is 0 Å². The topological polar surface area (TPSA) is 75.5 Å². The fourth-order valence-electron chi connectivity index (χ4n) is 3.11. The molecule has 1 atom stereocenters. The number of aromatic nitrogens is 2. The van der Waals surface area contributed by atoms with Crippen LogP contribution in [0.25, 0.3) is 11.5 Å². The van der Waals surface area contributed by atoms with Crippen LogP contribution in [-0.2, 0) is 13.0 Å². The van der Waals surface area contributed by atoms with Gasteiger partial charge in [-0.15, -0.1) is 0 Å². The molecule has 6 heteroatoms. The molecule has 1 unspecified atom stereocenters. The second kappa shape index (κ2) is 5.98. The summed E-state index contributed by atoms with van der Waals surface area (Å²) in [7, 11) is 0. The molecule has 0 saturated heterocycles. The third-order valence-corrected chi connectivity index (χ3v) is 4.28. The van der Waals surface area contributed by atoms with E-state index in [0.717, 1.165) is 18.5 Å². The predicted molar refractivity (Wildman–Crippen MR) is 82.4 cm³/mol. The highest BCUT2D eigenvalue weighted by atomic mass is 16.5. The first kappa shape index (κ1) is 14.2. The summed E-state index contributed by atoms with van der Waals surface area (Å²) in [4.78, 5) is 6.60. The lowest BCUT2D eigenvalue weighted by molar-refractivity contribution is 0.105. The second-order valence-electron chi connectivity index (χ2n) is 5.65. The number of hydrogen-bond donors (Lipinski definition) is 1. The average molecular weight is 311 g/mol. The van der Waals surface area contributed by atoms with Gasteiger partial charge in [0.15, 0.2) is 5.82 Å². The summed E-state index contributed by atoms with van der Waals surface area (Å²) in [6.45, 7) is 1.47. The van der Waals surface area contributed by atoms with Gasteiger partial charge >= 0.3 is 0 Å². The molecule has 1 aromatic carbocycles. The Hall–Kier alpha value is -2.44. The summed E-state index contributed by atoms with van der Waals surface area (Å²) in [5.74, 6) is 1.06. The van der Waals surface area contributed by atoms with Crippen LogP contribution in [0.3, 0.4) is 0 Å². The van der Waals surface area contributed by atoms with Gasteiger partial charge in [-0.2, -0.15) is 4.98 Å². The number of rotatable bonds is 4. The lowest BCUT2D eigenvalue weighted by Crippen LogP contribution is -2.37. The largest absolute Gasteiger partial charge is 0.472 e. The standard InChI is InChI=1S/C17H17N3O3/c21-10-15-14-4-2-1-3-12(14)5-7-20(15)9-16-18-17(23-19-16)13-6-8-22-11-13/h1-4,6,8,11,15,21H,5,7,9-10H2. The zero-order valence-corrected chi connectivity index (χ0v) is 12.6. The molecule has 23 heavy (non-hydrogen) atoms. The van der Waals surface area contributed by atoms with Crippen molar-refractivity contribution >= 4 is 0 Å². The Balaban J connectivity index is 1.55. The van der Waals surface area contributed by atoms with Crippen LogP contribution in [0.5, 0.6) is 0 Å². The van der Waals surface area contributed by atoms with Crippen molar-refractivity contribution in [2.75, 3.05) is 13.2 Å². The molecule has 0 fully saturated rings. The van der Waals surface area contributed by atoms with Gasteiger partial charge in [-0.05, 0) is 23.6 Å². The van der Waals surface area contributed by atoms with Crippen LogP contribution in [0.2, 0.25) is 0 Å². The third kappa shape index (κ3) is 2.67. The molecular formula is C17H17N3O3. The molecule has 3 heterocycles. The van der Waals surface area contributed by atoms with Gasteiger partial charge < -0.3 is 14.0 Å². The molecule has 0 bridgehead atoms. The van der Waals surface area contributed by atoms with Gasteiger partial charge in [0.1, 0.15) is 6.26 Å². The molecule has 1 N–H and O–H groups in total. The van der Waals surface area contributed by atoms with Crippen LogP contribution < -0.4 is 0 Å². The highest BCUT2D eigenvalue weighted by Gasteiger charge is 2.27. The first-order valence-electron chi connectivity index (χ1n) is 7.63. The Morgan fingerprint density at radius 1 is 1.26 bits per heavy atom. The fourth-order valence-corrected chi connectivity index (χ4v) is 3.11. The number of aliphatic hydroxyl groups is 1. The summed E-state index contributed by atoms with van der Waals surface area (Å²) in [6, 6.07) is 10.0. The second-order valence-corrected chi connectivity index (χ2v) is 5.65. The van der Waals surface area contributed by atoms with E-state index in [9.17, 15) is 5.11 Å². The Labute approximate surface area is 133 Å². The maximum absolute atomic E-state index is 9.82. The Kier molecular flexibility index (Phi) is 3.69. The van der Waals surface area contributed by atoms with Gasteiger partial charge in [-0.25, -0.2) is 0 Å². The third-order valence-electron chi connectivity index (χ3n) is 4.28. The molecule has 2 aromatic heterocycles. The Morgan fingerprint density at radius 2 is 2.17 bits per heavy atom. The highest BCUT2D eigenvalue weighted by molar-refractivity contribution is 5.49. The number of aliphatic hydroxyl groups excluding tert-OH is 1. The first-order valence-corrected chi connectivity index (χ1v) is 7.63. The lowest BCUT2D eigenvalue weighted by atomic mass is 9.93. The highest BCUT2D eigenvalue weighted by Crippen LogP contribution is 2.30. The monoisotopic (exact) mass is 311 g/mol. The summed E-state index contributed by atoms with van der Waals surface area (Å²) in [6.07, 6.45) is 4.10. The van der Waals surface area contributed by atoms with E-state index in [4.69, 9.17) is 8.94 Å². The van der Waals surface area contributed by atoms with Gasteiger partial charge in [-0.1, -0.05) is 29.4 Å². The number of furan rings is 1. The quantitative estimate of drug-likeness (QED) is 0.797. The summed E-state index contributed by atoms with van der Waals surface area (Å²) >= 11 is 0. The van der Waals surface area contributed by atoms with Crippen molar-refractivity contribution in [1.82, 2.24) is 15.0 Å². The van der Waals surface area contributed by atoms with E-state index in [-0.39, 0.29) is 12.6 Å². The zero-order valence-electron chi connectivity index (χ0n) is 12.6. The van der Waals surface area contributed by atoms with Gasteiger partial charge in [0, 0.05) is 6.54 Å². The minimum Gasteiger partial charge on any atom is -0.472 e. The molecular weight excluding hydrogens is 294 g/mol. The number of benzene rings is 1. The Morgan fingerprint density at radius 3 is 3.00 bits per heavy atom. The van der Waals surface area contributed by atoms with Crippen molar-refractivity contribution < 1.29 is 14.0 Å². The van der Waals surface area contributed by atoms with Gasteiger partial charge in [0.2, 0.25) is 0 Å². The minimum absolute atomic E-state index is 0.0316. The average Bonchev–Trinajstić information content (AvgIpc) is 3.26. The van der Waals surface area contributed by atoms with Crippen molar-refractivity contribution in [2.45, 2.75) is 19.0 Å². The van der Waals surface area contributed by atoms with Crippen molar-refractivity contribution in [3.63, 3.8) is 0 Å². The van der Waals surface area contributed by atoms with Crippen LogP contribution in [0.15, 0.2) is 51.8 Å². The van der Waals surface area contributed by atoms with Crippen LogP contribution >= 0.6 is 0 Å². The van der Waals surface area contributed by atoms with Crippen molar-refractivity contribution in [3.8, 4) is 11.5 Å².